The van der Waals surface area contributed by atoms with Gasteiger partial charge in [-0.1, -0.05) is 38.8 Å². The van der Waals surface area contributed by atoms with Crippen LogP contribution in [0.15, 0.2) is 29.3 Å². The topological polar surface area (TPSA) is 79.5 Å². The summed E-state index contributed by atoms with van der Waals surface area (Å²) < 4.78 is 0. The van der Waals surface area contributed by atoms with Crippen LogP contribution < -0.4 is 16.4 Å². The molecule has 1 aromatic rings. The zero-order valence-electron chi connectivity index (χ0n) is 15.4. The molecule has 0 aliphatic rings. The molecule has 0 saturated heterocycles. The lowest BCUT2D eigenvalue weighted by Crippen LogP contribution is -2.38. The number of aliphatic imine (C=N–C) groups is 1. The van der Waals surface area contributed by atoms with Gasteiger partial charge in [-0.3, -0.25) is 9.79 Å². The molecule has 0 radical (unpaired) electrons. The number of carbonyl (C=O) groups excluding carboxylic acids is 1. The van der Waals surface area contributed by atoms with Gasteiger partial charge in [0.25, 0.3) is 5.91 Å². The van der Waals surface area contributed by atoms with Gasteiger partial charge in [-0.15, -0.1) is 0 Å². The van der Waals surface area contributed by atoms with Gasteiger partial charge in [-0.05, 0) is 43.4 Å². The van der Waals surface area contributed by atoms with E-state index in [1.807, 2.05) is 18.2 Å². The summed E-state index contributed by atoms with van der Waals surface area (Å²) in [5.41, 5.74) is 7.70. The van der Waals surface area contributed by atoms with Crippen LogP contribution in [0, 0.1) is 5.92 Å². The average Bonchev–Trinajstić information content (AvgIpc) is 2.54. The van der Waals surface area contributed by atoms with E-state index in [4.69, 9.17) is 5.73 Å². The predicted molar refractivity (Wildman–Crippen MR) is 101 cm³/mol. The molecule has 4 N–H and O–H groups in total. The summed E-state index contributed by atoms with van der Waals surface area (Å²) in [4.78, 5) is 16.0. The number of nitrogens with two attached hydrogens (primary N) is 1. The maximum Gasteiger partial charge on any atom is 0.251 e. The van der Waals surface area contributed by atoms with Crippen molar-refractivity contribution in [1.82, 2.24) is 10.6 Å². The summed E-state index contributed by atoms with van der Waals surface area (Å²) >= 11 is 0. The molecule has 0 saturated carbocycles. The van der Waals surface area contributed by atoms with Crippen LogP contribution in [0.4, 0.5) is 0 Å². The molecule has 0 fully saturated rings. The van der Waals surface area contributed by atoms with Gasteiger partial charge in [0.05, 0.1) is 0 Å². The Balaban J connectivity index is 2.39. The first kappa shape index (κ1) is 20.0. The maximum absolute atomic E-state index is 11.6. The molecule has 1 aromatic carbocycles. The molecule has 5 heteroatoms. The van der Waals surface area contributed by atoms with E-state index in [0.29, 0.717) is 24.1 Å². The highest BCUT2D eigenvalue weighted by atomic mass is 16.1. The smallest absolute Gasteiger partial charge is 0.251 e. The summed E-state index contributed by atoms with van der Waals surface area (Å²) in [6.45, 7) is 7.23. The number of amides is 1. The lowest BCUT2D eigenvalue weighted by atomic mass is 10.0. The molecule has 0 bridgehead atoms. The van der Waals surface area contributed by atoms with Crippen molar-refractivity contribution in [2.45, 2.75) is 52.5 Å². The van der Waals surface area contributed by atoms with Crippen LogP contribution >= 0.6 is 0 Å². The number of nitrogens with zero attached hydrogens (tertiary/aromatic N) is 1. The molecular weight excluding hydrogens is 300 g/mol. The molecule has 1 atom stereocenters. The Labute approximate surface area is 146 Å². The average molecular weight is 332 g/mol. The number of rotatable bonds is 9. The zero-order valence-corrected chi connectivity index (χ0v) is 15.4. The fourth-order valence-corrected chi connectivity index (χ4v) is 2.52. The van der Waals surface area contributed by atoms with E-state index >= 15 is 0 Å². The SMILES string of the molecule is CNC(=O)c1cccc(CCN=C(N)NC(C)CCCC(C)C)c1. The van der Waals surface area contributed by atoms with Crippen molar-refractivity contribution in [2.75, 3.05) is 13.6 Å². The van der Waals surface area contributed by atoms with Crippen LogP contribution in [-0.2, 0) is 6.42 Å². The highest BCUT2D eigenvalue weighted by molar-refractivity contribution is 5.94. The number of benzene rings is 1. The highest BCUT2D eigenvalue weighted by Gasteiger charge is 2.05. The Hall–Kier alpha value is -2.04. The minimum atomic E-state index is -0.0724. The largest absolute Gasteiger partial charge is 0.370 e. The number of hydrogen-bond acceptors (Lipinski definition) is 2. The van der Waals surface area contributed by atoms with Gasteiger partial charge < -0.3 is 16.4 Å². The van der Waals surface area contributed by atoms with Crippen LogP contribution in [0.5, 0.6) is 0 Å². The second-order valence-electron chi connectivity index (χ2n) is 6.67. The van der Waals surface area contributed by atoms with E-state index in [9.17, 15) is 4.79 Å². The molecule has 134 valence electrons. The van der Waals surface area contributed by atoms with Crippen LogP contribution in [0.2, 0.25) is 0 Å². The summed E-state index contributed by atoms with van der Waals surface area (Å²) in [5.74, 6) is 1.17. The predicted octanol–water partition coefficient (Wildman–Crippen LogP) is 2.71. The second kappa shape index (κ2) is 10.7. The standard InChI is InChI=1S/C19H32N4O/c1-14(2)7-5-8-15(3)23-19(20)22-12-11-16-9-6-10-17(13-16)18(24)21-4/h6,9-10,13-15H,5,7-8,11-12H2,1-4H3,(H,21,24)(H3,20,22,23). The van der Waals surface area contributed by atoms with Gasteiger partial charge in [-0.25, -0.2) is 0 Å². The Morgan fingerprint density at radius 2 is 2.00 bits per heavy atom. The van der Waals surface area contributed by atoms with E-state index in [1.165, 1.54) is 12.8 Å². The summed E-state index contributed by atoms with van der Waals surface area (Å²) in [6.07, 6.45) is 4.30. The highest BCUT2D eigenvalue weighted by Crippen LogP contribution is 2.08. The van der Waals surface area contributed by atoms with Crippen LogP contribution in [0.1, 0.15) is 56.0 Å². The molecule has 0 heterocycles. The molecule has 24 heavy (non-hydrogen) atoms. The van der Waals surface area contributed by atoms with Gasteiger partial charge in [-0.2, -0.15) is 0 Å². The normalized spacial score (nSPS) is 13.0. The maximum atomic E-state index is 11.6. The second-order valence-corrected chi connectivity index (χ2v) is 6.67. The Morgan fingerprint density at radius 1 is 1.25 bits per heavy atom. The Bertz CT molecular complexity index is 540. The fraction of sp³-hybridized carbons (Fsp3) is 0.579. The molecule has 0 spiro atoms. The van der Waals surface area contributed by atoms with Gasteiger partial charge >= 0.3 is 0 Å². The van der Waals surface area contributed by atoms with E-state index in [1.54, 1.807) is 13.1 Å². The van der Waals surface area contributed by atoms with Crippen molar-refractivity contribution >= 4 is 11.9 Å². The molecule has 1 rings (SSSR count). The van der Waals surface area contributed by atoms with Crippen LogP contribution in [-0.4, -0.2) is 31.5 Å². The summed E-state index contributed by atoms with van der Waals surface area (Å²) in [6, 6.07) is 7.93. The minimum absolute atomic E-state index is 0.0724. The van der Waals surface area contributed by atoms with E-state index < -0.39 is 0 Å². The summed E-state index contributed by atoms with van der Waals surface area (Å²) in [7, 11) is 1.63. The van der Waals surface area contributed by atoms with Gasteiger partial charge in [0.15, 0.2) is 5.96 Å². The molecule has 5 nitrogen and oxygen atoms in total. The van der Waals surface area contributed by atoms with Gasteiger partial charge in [0.1, 0.15) is 0 Å². The zero-order chi connectivity index (χ0) is 17.9. The third-order valence-corrected chi connectivity index (χ3v) is 3.91. The number of nitrogens with one attached hydrogen (secondary N) is 2. The minimum Gasteiger partial charge on any atom is -0.370 e. The van der Waals surface area contributed by atoms with Crippen molar-refractivity contribution < 1.29 is 4.79 Å². The molecule has 0 aliphatic carbocycles. The molecular formula is C19H32N4O. The third kappa shape index (κ3) is 7.99. The first-order valence-corrected chi connectivity index (χ1v) is 8.79. The molecule has 0 aromatic heterocycles. The van der Waals surface area contributed by atoms with Crippen LogP contribution in [0.3, 0.4) is 0 Å². The molecule has 1 unspecified atom stereocenters. The lowest BCUT2D eigenvalue weighted by molar-refractivity contribution is 0.0963. The van der Waals surface area contributed by atoms with E-state index in [-0.39, 0.29) is 5.91 Å². The lowest BCUT2D eigenvalue weighted by Gasteiger charge is -2.15. The Kier molecular flexibility index (Phi) is 8.90. The number of hydrogen-bond donors (Lipinski definition) is 3. The first-order chi connectivity index (χ1) is 11.4. The number of guanidine groups is 1. The number of carbonyl (C=O) groups is 1. The van der Waals surface area contributed by atoms with Gasteiger partial charge in [0.2, 0.25) is 0 Å². The third-order valence-electron chi connectivity index (χ3n) is 3.91. The quantitative estimate of drug-likeness (QED) is 0.480. The van der Waals surface area contributed by atoms with Crippen molar-refractivity contribution in [1.29, 1.82) is 0 Å². The molecule has 0 aliphatic heterocycles. The van der Waals surface area contributed by atoms with Crippen LogP contribution in [0.25, 0.3) is 0 Å². The monoisotopic (exact) mass is 332 g/mol. The van der Waals surface area contributed by atoms with Gasteiger partial charge in [0, 0.05) is 25.2 Å². The molecule has 1 amide bonds. The van der Waals surface area contributed by atoms with Crippen molar-refractivity contribution in [3.05, 3.63) is 35.4 Å². The van der Waals surface area contributed by atoms with Crippen molar-refractivity contribution in [3.63, 3.8) is 0 Å². The van der Waals surface area contributed by atoms with Crippen molar-refractivity contribution in [3.8, 4) is 0 Å². The van der Waals surface area contributed by atoms with E-state index in [2.05, 4.69) is 36.4 Å². The van der Waals surface area contributed by atoms with E-state index in [0.717, 1.165) is 24.3 Å². The Morgan fingerprint density at radius 3 is 2.67 bits per heavy atom. The van der Waals surface area contributed by atoms with Crippen molar-refractivity contribution in [2.24, 2.45) is 16.6 Å². The summed E-state index contributed by atoms with van der Waals surface area (Å²) in [5, 5.41) is 5.87. The first-order valence-electron chi connectivity index (χ1n) is 8.79. The fourth-order valence-electron chi connectivity index (χ4n) is 2.52.